The summed E-state index contributed by atoms with van der Waals surface area (Å²) in [6.45, 7) is 0. The minimum Gasteiger partial charge on any atom is -0.289 e. The standard InChI is InChI=1S/C17H14BrClO/c18-12-8-9-16(19)15(10-12)17(20)14-7-2-1-6-13(14)11-4-3-5-11/h1-2,6-11H,3-5H2. The lowest BCUT2D eigenvalue weighted by Crippen LogP contribution is -2.14. The second kappa shape index (κ2) is 5.71. The zero-order valence-electron chi connectivity index (χ0n) is 10.9. The average molecular weight is 350 g/mol. The van der Waals surface area contributed by atoms with Crippen molar-refractivity contribution in [3.05, 3.63) is 68.7 Å². The Bertz CT molecular complexity index is 662. The molecule has 3 heteroatoms. The number of hydrogen-bond acceptors (Lipinski definition) is 1. The first-order chi connectivity index (χ1) is 9.66. The number of halogens is 2. The molecule has 0 N–H and O–H groups in total. The molecular weight excluding hydrogens is 336 g/mol. The molecule has 0 heterocycles. The van der Waals surface area contributed by atoms with E-state index in [0.29, 0.717) is 16.5 Å². The Kier molecular flexibility index (Phi) is 3.95. The lowest BCUT2D eigenvalue weighted by Gasteiger charge is -2.27. The Morgan fingerprint density at radius 3 is 2.55 bits per heavy atom. The van der Waals surface area contributed by atoms with Crippen molar-refractivity contribution in [1.29, 1.82) is 0 Å². The number of carbonyl (C=O) groups is 1. The van der Waals surface area contributed by atoms with E-state index in [1.165, 1.54) is 24.8 Å². The molecule has 1 aliphatic rings. The zero-order chi connectivity index (χ0) is 14.1. The molecule has 2 aromatic carbocycles. The lowest BCUT2D eigenvalue weighted by molar-refractivity contribution is 0.103. The fourth-order valence-corrected chi connectivity index (χ4v) is 3.16. The van der Waals surface area contributed by atoms with Gasteiger partial charge < -0.3 is 0 Å². The van der Waals surface area contributed by atoms with Crippen LogP contribution in [0.25, 0.3) is 0 Å². The number of ketones is 1. The maximum Gasteiger partial charge on any atom is 0.194 e. The summed E-state index contributed by atoms with van der Waals surface area (Å²) in [6, 6.07) is 13.3. The zero-order valence-corrected chi connectivity index (χ0v) is 13.2. The summed E-state index contributed by atoms with van der Waals surface area (Å²) in [5.41, 5.74) is 2.52. The van der Waals surface area contributed by atoms with Crippen molar-refractivity contribution in [2.24, 2.45) is 0 Å². The van der Waals surface area contributed by atoms with E-state index in [4.69, 9.17) is 11.6 Å². The Hall–Kier alpha value is -1.12. The summed E-state index contributed by atoms with van der Waals surface area (Å²) in [6.07, 6.45) is 3.61. The van der Waals surface area contributed by atoms with E-state index < -0.39 is 0 Å². The Morgan fingerprint density at radius 1 is 1.10 bits per heavy atom. The summed E-state index contributed by atoms with van der Waals surface area (Å²) >= 11 is 9.58. The lowest BCUT2D eigenvalue weighted by atomic mass is 9.77. The molecule has 0 bridgehead atoms. The first-order valence-electron chi connectivity index (χ1n) is 6.75. The van der Waals surface area contributed by atoms with Gasteiger partial charge in [0, 0.05) is 15.6 Å². The maximum atomic E-state index is 12.8. The van der Waals surface area contributed by atoms with Crippen LogP contribution in [0.4, 0.5) is 0 Å². The molecular formula is C17H14BrClO. The van der Waals surface area contributed by atoms with Gasteiger partial charge in [0.05, 0.1) is 5.02 Å². The first-order valence-corrected chi connectivity index (χ1v) is 7.92. The van der Waals surface area contributed by atoms with Gasteiger partial charge in [-0.05, 0) is 42.5 Å². The third-order valence-electron chi connectivity index (χ3n) is 3.92. The van der Waals surface area contributed by atoms with Crippen LogP contribution in [0.2, 0.25) is 5.02 Å². The highest BCUT2D eigenvalue weighted by molar-refractivity contribution is 9.10. The summed E-state index contributed by atoms with van der Waals surface area (Å²) < 4.78 is 0.867. The monoisotopic (exact) mass is 348 g/mol. The van der Waals surface area contributed by atoms with Gasteiger partial charge in [-0.15, -0.1) is 0 Å². The molecule has 20 heavy (non-hydrogen) atoms. The second-order valence-corrected chi connectivity index (χ2v) is 6.49. The van der Waals surface area contributed by atoms with Crippen LogP contribution in [0.3, 0.4) is 0 Å². The molecule has 1 nitrogen and oxygen atoms in total. The quantitative estimate of drug-likeness (QED) is 0.659. The molecule has 1 saturated carbocycles. The van der Waals surface area contributed by atoms with Crippen LogP contribution in [-0.4, -0.2) is 5.78 Å². The highest BCUT2D eigenvalue weighted by Crippen LogP contribution is 2.38. The first kappa shape index (κ1) is 13.8. The largest absolute Gasteiger partial charge is 0.289 e. The summed E-state index contributed by atoms with van der Waals surface area (Å²) in [5.74, 6) is 0.542. The van der Waals surface area contributed by atoms with Gasteiger partial charge in [-0.1, -0.05) is 58.2 Å². The molecule has 1 fully saturated rings. The van der Waals surface area contributed by atoms with Gasteiger partial charge in [-0.2, -0.15) is 0 Å². The topological polar surface area (TPSA) is 17.1 Å². The van der Waals surface area contributed by atoms with Crippen molar-refractivity contribution in [3.8, 4) is 0 Å². The van der Waals surface area contributed by atoms with Crippen LogP contribution in [0.5, 0.6) is 0 Å². The molecule has 1 aliphatic carbocycles. The van der Waals surface area contributed by atoms with Gasteiger partial charge in [-0.25, -0.2) is 0 Å². The van der Waals surface area contributed by atoms with Crippen molar-refractivity contribution in [2.45, 2.75) is 25.2 Å². The predicted molar refractivity (Wildman–Crippen MR) is 85.6 cm³/mol. The van der Waals surface area contributed by atoms with E-state index in [0.717, 1.165) is 10.0 Å². The van der Waals surface area contributed by atoms with Crippen LogP contribution in [0, 0.1) is 0 Å². The normalized spacial score (nSPS) is 14.9. The molecule has 0 aliphatic heterocycles. The van der Waals surface area contributed by atoms with Crippen LogP contribution in [0.1, 0.15) is 46.7 Å². The SMILES string of the molecule is O=C(c1cc(Br)ccc1Cl)c1ccccc1C1CCC1. The fourth-order valence-electron chi connectivity index (χ4n) is 2.60. The van der Waals surface area contributed by atoms with E-state index in [1.54, 1.807) is 12.1 Å². The molecule has 102 valence electrons. The molecule has 2 aromatic rings. The predicted octanol–water partition coefficient (Wildman–Crippen LogP) is 5.60. The fraction of sp³-hybridized carbons (Fsp3) is 0.235. The van der Waals surface area contributed by atoms with E-state index in [1.807, 2.05) is 24.3 Å². The van der Waals surface area contributed by atoms with E-state index in [9.17, 15) is 4.79 Å². The Morgan fingerprint density at radius 2 is 1.85 bits per heavy atom. The maximum absolute atomic E-state index is 12.8. The van der Waals surface area contributed by atoms with Crippen molar-refractivity contribution < 1.29 is 4.79 Å². The van der Waals surface area contributed by atoms with Crippen molar-refractivity contribution in [2.75, 3.05) is 0 Å². The van der Waals surface area contributed by atoms with Crippen LogP contribution < -0.4 is 0 Å². The van der Waals surface area contributed by atoms with Gasteiger partial charge in [0.2, 0.25) is 0 Å². The van der Waals surface area contributed by atoms with Crippen LogP contribution >= 0.6 is 27.5 Å². The molecule has 0 amide bonds. The average Bonchev–Trinajstić information content (AvgIpc) is 2.39. The number of benzene rings is 2. The smallest absolute Gasteiger partial charge is 0.194 e. The van der Waals surface area contributed by atoms with Gasteiger partial charge in [0.25, 0.3) is 0 Å². The molecule has 0 aromatic heterocycles. The summed E-state index contributed by atoms with van der Waals surface area (Å²) in [4.78, 5) is 12.8. The number of hydrogen-bond donors (Lipinski definition) is 0. The third kappa shape index (κ3) is 2.55. The Balaban J connectivity index is 2.04. The second-order valence-electron chi connectivity index (χ2n) is 5.17. The molecule has 0 saturated heterocycles. The van der Waals surface area contributed by atoms with Crippen molar-refractivity contribution in [1.82, 2.24) is 0 Å². The molecule has 3 rings (SSSR count). The highest BCUT2D eigenvalue weighted by Gasteiger charge is 2.25. The molecule has 0 unspecified atom stereocenters. The van der Waals surface area contributed by atoms with Gasteiger partial charge >= 0.3 is 0 Å². The van der Waals surface area contributed by atoms with Gasteiger partial charge in [0.1, 0.15) is 0 Å². The third-order valence-corrected chi connectivity index (χ3v) is 4.75. The van der Waals surface area contributed by atoms with Crippen LogP contribution in [0.15, 0.2) is 46.9 Å². The molecule has 0 radical (unpaired) electrons. The number of carbonyl (C=O) groups excluding carboxylic acids is 1. The Labute approximate surface area is 132 Å². The molecule has 0 spiro atoms. The highest BCUT2D eigenvalue weighted by atomic mass is 79.9. The van der Waals surface area contributed by atoms with E-state index in [-0.39, 0.29) is 5.78 Å². The summed E-state index contributed by atoms with van der Waals surface area (Å²) in [5, 5.41) is 0.501. The van der Waals surface area contributed by atoms with E-state index >= 15 is 0 Å². The number of rotatable bonds is 3. The van der Waals surface area contributed by atoms with Crippen molar-refractivity contribution in [3.63, 3.8) is 0 Å². The summed E-state index contributed by atoms with van der Waals surface area (Å²) in [7, 11) is 0. The van der Waals surface area contributed by atoms with Crippen molar-refractivity contribution >= 4 is 33.3 Å². The minimum atomic E-state index is 0.0128. The van der Waals surface area contributed by atoms with Gasteiger partial charge in [-0.3, -0.25) is 4.79 Å². The van der Waals surface area contributed by atoms with Gasteiger partial charge in [0.15, 0.2) is 5.78 Å². The molecule has 0 atom stereocenters. The van der Waals surface area contributed by atoms with E-state index in [2.05, 4.69) is 22.0 Å². The minimum absolute atomic E-state index is 0.0128. The van der Waals surface area contributed by atoms with Crippen LogP contribution in [-0.2, 0) is 0 Å².